The van der Waals surface area contributed by atoms with Crippen molar-refractivity contribution in [2.45, 2.75) is 6.92 Å². The molecule has 0 radical (unpaired) electrons. The second kappa shape index (κ2) is 4.32. The quantitative estimate of drug-likeness (QED) is 0.830. The zero-order valence-electron chi connectivity index (χ0n) is 8.37. The van der Waals surface area contributed by atoms with E-state index in [9.17, 15) is 0 Å². The number of benzene rings is 1. The highest BCUT2D eigenvalue weighted by Crippen LogP contribution is 2.23. The van der Waals surface area contributed by atoms with Gasteiger partial charge in [0.25, 0.3) is 0 Å². The van der Waals surface area contributed by atoms with Crippen molar-refractivity contribution in [1.82, 2.24) is 4.98 Å². The van der Waals surface area contributed by atoms with Crippen LogP contribution in [-0.2, 0) is 0 Å². The van der Waals surface area contributed by atoms with Gasteiger partial charge in [0, 0.05) is 6.20 Å². The molecule has 1 aromatic carbocycles. The molecule has 0 aliphatic rings. The van der Waals surface area contributed by atoms with Gasteiger partial charge in [-0.1, -0.05) is 29.8 Å². The Kier molecular flexibility index (Phi) is 2.88. The summed E-state index contributed by atoms with van der Waals surface area (Å²) in [6, 6.07) is 11.5. The van der Waals surface area contributed by atoms with Gasteiger partial charge in [-0.25, -0.2) is 4.98 Å². The number of aromatic nitrogens is 1. The SMILES string of the molecule is Cc1ccc(Nc2ccccc2Cl)nc1. The zero-order chi connectivity index (χ0) is 10.7. The first-order chi connectivity index (χ1) is 7.25. The van der Waals surface area contributed by atoms with Crippen LogP contribution in [0.5, 0.6) is 0 Å². The molecule has 15 heavy (non-hydrogen) atoms. The highest BCUT2D eigenvalue weighted by atomic mass is 35.5. The summed E-state index contributed by atoms with van der Waals surface area (Å²) in [5.41, 5.74) is 2.01. The van der Waals surface area contributed by atoms with Crippen LogP contribution in [0.4, 0.5) is 11.5 Å². The van der Waals surface area contributed by atoms with Crippen molar-refractivity contribution in [3.63, 3.8) is 0 Å². The van der Waals surface area contributed by atoms with Crippen LogP contribution in [0.2, 0.25) is 5.02 Å². The molecule has 3 heteroatoms. The van der Waals surface area contributed by atoms with Crippen LogP contribution in [0.15, 0.2) is 42.6 Å². The van der Waals surface area contributed by atoms with Gasteiger partial charge in [-0.2, -0.15) is 0 Å². The monoisotopic (exact) mass is 218 g/mol. The molecular weight excluding hydrogens is 208 g/mol. The Balaban J connectivity index is 2.22. The standard InChI is InChI=1S/C12H11ClN2/c1-9-6-7-12(14-8-9)15-11-5-3-2-4-10(11)13/h2-8H,1H3,(H,14,15). The van der Waals surface area contributed by atoms with Crippen molar-refractivity contribution in [1.29, 1.82) is 0 Å². The van der Waals surface area contributed by atoms with Crippen molar-refractivity contribution >= 4 is 23.1 Å². The number of para-hydroxylation sites is 1. The van der Waals surface area contributed by atoms with Gasteiger partial charge in [0.1, 0.15) is 5.82 Å². The first-order valence-electron chi connectivity index (χ1n) is 4.70. The summed E-state index contributed by atoms with van der Waals surface area (Å²) in [4.78, 5) is 4.24. The molecule has 0 aliphatic carbocycles. The third-order valence-corrected chi connectivity index (χ3v) is 2.38. The van der Waals surface area contributed by atoms with Crippen LogP contribution in [0.3, 0.4) is 0 Å². The topological polar surface area (TPSA) is 24.9 Å². The summed E-state index contributed by atoms with van der Waals surface area (Å²) in [5, 5.41) is 3.85. The molecule has 0 fully saturated rings. The van der Waals surface area contributed by atoms with Crippen LogP contribution in [0.1, 0.15) is 5.56 Å². The fourth-order valence-electron chi connectivity index (χ4n) is 1.24. The summed E-state index contributed by atoms with van der Waals surface area (Å²) in [7, 11) is 0. The van der Waals surface area contributed by atoms with E-state index < -0.39 is 0 Å². The van der Waals surface area contributed by atoms with Crippen molar-refractivity contribution in [3.8, 4) is 0 Å². The molecule has 1 N–H and O–H groups in total. The highest BCUT2D eigenvalue weighted by molar-refractivity contribution is 6.33. The molecule has 0 unspecified atom stereocenters. The molecule has 0 spiro atoms. The number of rotatable bonds is 2. The van der Waals surface area contributed by atoms with Gasteiger partial charge in [0.05, 0.1) is 10.7 Å². The number of hydrogen-bond donors (Lipinski definition) is 1. The lowest BCUT2D eigenvalue weighted by atomic mass is 10.3. The van der Waals surface area contributed by atoms with E-state index >= 15 is 0 Å². The molecule has 2 rings (SSSR count). The van der Waals surface area contributed by atoms with Gasteiger partial charge in [0.15, 0.2) is 0 Å². The zero-order valence-corrected chi connectivity index (χ0v) is 9.12. The van der Waals surface area contributed by atoms with Crippen LogP contribution in [-0.4, -0.2) is 4.98 Å². The normalized spacial score (nSPS) is 10.0. The summed E-state index contributed by atoms with van der Waals surface area (Å²) in [6.07, 6.45) is 1.82. The third-order valence-electron chi connectivity index (χ3n) is 2.05. The van der Waals surface area contributed by atoms with E-state index in [1.165, 1.54) is 0 Å². The smallest absolute Gasteiger partial charge is 0.130 e. The van der Waals surface area contributed by atoms with E-state index in [1.807, 2.05) is 49.5 Å². The highest BCUT2D eigenvalue weighted by Gasteiger charge is 1.99. The Bertz CT molecular complexity index is 451. The van der Waals surface area contributed by atoms with Crippen LogP contribution < -0.4 is 5.32 Å². The molecule has 1 heterocycles. The van der Waals surface area contributed by atoms with Gasteiger partial charge in [-0.3, -0.25) is 0 Å². The molecular formula is C12H11ClN2. The molecule has 0 amide bonds. The lowest BCUT2D eigenvalue weighted by molar-refractivity contribution is 1.26. The lowest BCUT2D eigenvalue weighted by Gasteiger charge is -2.06. The predicted octanol–water partition coefficient (Wildman–Crippen LogP) is 3.79. The number of nitrogens with zero attached hydrogens (tertiary/aromatic N) is 1. The van der Waals surface area contributed by atoms with E-state index in [0.29, 0.717) is 5.02 Å². The summed E-state index contributed by atoms with van der Waals surface area (Å²) >= 11 is 6.02. The largest absolute Gasteiger partial charge is 0.339 e. The number of hydrogen-bond acceptors (Lipinski definition) is 2. The maximum Gasteiger partial charge on any atom is 0.130 e. The van der Waals surface area contributed by atoms with Crippen LogP contribution in [0.25, 0.3) is 0 Å². The van der Waals surface area contributed by atoms with E-state index in [1.54, 1.807) is 0 Å². The first-order valence-corrected chi connectivity index (χ1v) is 5.08. The molecule has 0 bridgehead atoms. The van der Waals surface area contributed by atoms with Crippen molar-refractivity contribution < 1.29 is 0 Å². The number of halogens is 1. The Morgan fingerprint density at radius 3 is 2.60 bits per heavy atom. The minimum atomic E-state index is 0.694. The molecule has 0 saturated carbocycles. The molecule has 0 atom stereocenters. The summed E-state index contributed by atoms with van der Waals surface area (Å²) < 4.78 is 0. The number of aryl methyl sites for hydroxylation is 1. The van der Waals surface area contributed by atoms with Crippen LogP contribution >= 0.6 is 11.6 Å². The second-order valence-electron chi connectivity index (χ2n) is 3.33. The van der Waals surface area contributed by atoms with Gasteiger partial charge >= 0.3 is 0 Å². The molecule has 76 valence electrons. The van der Waals surface area contributed by atoms with Crippen molar-refractivity contribution in [2.75, 3.05) is 5.32 Å². The summed E-state index contributed by atoms with van der Waals surface area (Å²) in [6.45, 7) is 2.01. The van der Waals surface area contributed by atoms with Crippen molar-refractivity contribution in [2.24, 2.45) is 0 Å². The second-order valence-corrected chi connectivity index (χ2v) is 3.73. The predicted molar refractivity (Wildman–Crippen MR) is 63.7 cm³/mol. The lowest BCUT2D eigenvalue weighted by Crippen LogP contribution is -1.93. The maximum absolute atomic E-state index is 6.02. The Morgan fingerprint density at radius 2 is 1.93 bits per heavy atom. The third kappa shape index (κ3) is 2.48. The fraction of sp³-hybridized carbons (Fsp3) is 0.0833. The van der Waals surface area contributed by atoms with Gasteiger partial charge in [-0.05, 0) is 30.7 Å². The molecule has 2 aromatic rings. The molecule has 0 saturated heterocycles. The average Bonchev–Trinajstić information content (AvgIpc) is 2.25. The van der Waals surface area contributed by atoms with Gasteiger partial charge in [-0.15, -0.1) is 0 Å². The van der Waals surface area contributed by atoms with Crippen molar-refractivity contribution in [3.05, 3.63) is 53.2 Å². The summed E-state index contributed by atoms with van der Waals surface area (Å²) in [5.74, 6) is 0.800. The Hall–Kier alpha value is -1.54. The van der Waals surface area contributed by atoms with Gasteiger partial charge < -0.3 is 5.32 Å². The van der Waals surface area contributed by atoms with E-state index in [4.69, 9.17) is 11.6 Å². The first kappa shape index (κ1) is 9.99. The van der Waals surface area contributed by atoms with Crippen LogP contribution in [0, 0.1) is 6.92 Å². The van der Waals surface area contributed by atoms with Gasteiger partial charge in [0.2, 0.25) is 0 Å². The maximum atomic E-state index is 6.02. The average molecular weight is 219 g/mol. The minimum Gasteiger partial charge on any atom is -0.339 e. The number of nitrogens with one attached hydrogen (secondary N) is 1. The fourth-order valence-corrected chi connectivity index (χ4v) is 1.43. The number of pyridine rings is 1. The van der Waals surface area contributed by atoms with E-state index in [-0.39, 0.29) is 0 Å². The molecule has 2 nitrogen and oxygen atoms in total. The Labute approximate surface area is 93.9 Å². The molecule has 0 aliphatic heterocycles. The minimum absolute atomic E-state index is 0.694. The Morgan fingerprint density at radius 1 is 1.13 bits per heavy atom. The number of anilines is 2. The molecule has 1 aromatic heterocycles. The van der Waals surface area contributed by atoms with E-state index in [0.717, 1.165) is 17.1 Å². The van der Waals surface area contributed by atoms with E-state index in [2.05, 4.69) is 10.3 Å².